The summed E-state index contributed by atoms with van der Waals surface area (Å²) >= 11 is 6.01. The number of cyclic esters (lactones) is 1. The summed E-state index contributed by atoms with van der Waals surface area (Å²) in [5.74, 6) is 0. The number of carbonyl (C=O) groups excluding carboxylic acids is 1. The van der Waals surface area contributed by atoms with Crippen LogP contribution in [-0.4, -0.2) is 50.4 Å². The van der Waals surface area contributed by atoms with Crippen LogP contribution in [0.1, 0.15) is 24.8 Å². The van der Waals surface area contributed by atoms with E-state index in [2.05, 4.69) is 17.4 Å². The van der Waals surface area contributed by atoms with Crippen LogP contribution in [0.15, 0.2) is 24.3 Å². The smallest absolute Gasteiger partial charge is 0.409 e. The molecular formula is C17H23ClN2O3. The Balaban J connectivity index is 1.58. The molecule has 2 fully saturated rings. The van der Waals surface area contributed by atoms with E-state index in [0.29, 0.717) is 13.2 Å². The van der Waals surface area contributed by atoms with Crippen LogP contribution in [0.4, 0.5) is 4.79 Å². The summed E-state index contributed by atoms with van der Waals surface area (Å²) < 4.78 is 10.5. The van der Waals surface area contributed by atoms with Gasteiger partial charge in [0.05, 0.1) is 6.54 Å². The molecule has 0 spiro atoms. The molecule has 0 aromatic heterocycles. The summed E-state index contributed by atoms with van der Waals surface area (Å²) in [4.78, 5) is 13.2. The third-order valence-corrected chi connectivity index (χ3v) is 4.91. The third-order valence-electron chi connectivity index (χ3n) is 4.66. The van der Waals surface area contributed by atoms with E-state index in [4.69, 9.17) is 21.1 Å². The molecule has 0 atom stereocenters. The minimum Gasteiger partial charge on any atom is -0.448 e. The number of hydrogen-bond donors (Lipinski definition) is 1. The van der Waals surface area contributed by atoms with Crippen LogP contribution in [0.3, 0.4) is 0 Å². The van der Waals surface area contributed by atoms with Gasteiger partial charge < -0.3 is 19.7 Å². The highest BCUT2D eigenvalue weighted by molar-refractivity contribution is 6.30. The van der Waals surface area contributed by atoms with Crippen molar-refractivity contribution in [1.29, 1.82) is 0 Å². The molecular weight excluding hydrogens is 316 g/mol. The number of carbonyl (C=O) groups is 1. The Labute approximate surface area is 141 Å². The lowest BCUT2D eigenvalue weighted by Crippen LogP contribution is -2.47. The molecule has 0 bridgehead atoms. The van der Waals surface area contributed by atoms with Gasteiger partial charge in [-0.1, -0.05) is 23.7 Å². The molecule has 2 aliphatic heterocycles. The Morgan fingerprint density at radius 2 is 1.91 bits per heavy atom. The molecule has 1 aromatic carbocycles. The number of nitrogens with zero attached hydrogens (tertiary/aromatic N) is 1. The van der Waals surface area contributed by atoms with E-state index in [-0.39, 0.29) is 11.6 Å². The van der Waals surface area contributed by atoms with Gasteiger partial charge in [0.25, 0.3) is 0 Å². The van der Waals surface area contributed by atoms with Crippen LogP contribution < -0.4 is 5.32 Å². The van der Waals surface area contributed by atoms with Crippen LogP contribution in [0.25, 0.3) is 0 Å². The lowest BCUT2D eigenvalue weighted by molar-refractivity contribution is 0.0364. The fourth-order valence-corrected chi connectivity index (χ4v) is 3.41. The number of benzene rings is 1. The van der Waals surface area contributed by atoms with Gasteiger partial charge in [-0.05, 0) is 43.5 Å². The highest BCUT2D eigenvalue weighted by atomic mass is 35.5. The Morgan fingerprint density at radius 1 is 1.17 bits per heavy atom. The van der Waals surface area contributed by atoms with Crippen LogP contribution in [0.5, 0.6) is 0 Å². The zero-order valence-corrected chi connectivity index (χ0v) is 14.0. The van der Waals surface area contributed by atoms with Crippen molar-refractivity contribution in [2.45, 2.75) is 24.8 Å². The third kappa shape index (κ3) is 3.97. The second kappa shape index (κ2) is 7.51. The van der Waals surface area contributed by atoms with Gasteiger partial charge in [-0.25, -0.2) is 4.79 Å². The van der Waals surface area contributed by atoms with Gasteiger partial charge in [0.2, 0.25) is 0 Å². The zero-order chi connectivity index (χ0) is 16.1. The molecule has 5 nitrogen and oxygen atoms in total. The Bertz CT molecular complexity index is 529. The number of amides is 1. The largest absolute Gasteiger partial charge is 0.448 e. The summed E-state index contributed by atoms with van der Waals surface area (Å²) in [6.07, 6.45) is 2.61. The maximum atomic E-state index is 11.4. The number of hydrogen-bond acceptors (Lipinski definition) is 4. The molecule has 23 heavy (non-hydrogen) atoms. The van der Waals surface area contributed by atoms with E-state index >= 15 is 0 Å². The molecule has 2 saturated heterocycles. The number of rotatable bonds is 6. The van der Waals surface area contributed by atoms with E-state index < -0.39 is 0 Å². The van der Waals surface area contributed by atoms with Crippen molar-refractivity contribution in [1.82, 2.24) is 10.2 Å². The molecule has 0 unspecified atom stereocenters. The molecule has 3 rings (SSSR count). The maximum Gasteiger partial charge on any atom is 0.409 e. The average Bonchev–Trinajstić information content (AvgIpc) is 2.98. The molecule has 126 valence electrons. The van der Waals surface area contributed by atoms with E-state index in [9.17, 15) is 4.79 Å². The minimum absolute atomic E-state index is 0.0612. The van der Waals surface area contributed by atoms with Crippen LogP contribution in [-0.2, 0) is 15.0 Å². The van der Waals surface area contributed by atoms with Gasteiger partial charge >= 0.3 is 6.09 Å². The first kappa shape index (κ1) is 16.6. The van der Waals surface area contributed by atoms with Gasteiger partial charge in [0.1, 0.15) is 6.61 Å². The topological polar surface area (TPSA) is 50.8 Å². The minimum atomic E-state index is -0.191. The van der Waals surface area contributed by atoms with E-state index in [0.717, 1.165) is 50.6 Å². The van der Waals surface area contributed by atoms with Gasteiger partial charge in [-0.2, -0.15) is 0 Å². The summed E-state index contributed by atoms with van der Waals surface area (Å²) in [7, 11) is 0. The lowest BCUT2D eigenvalue weighted by atomic mass is 9.82. The SMILES string of the molecule is O=C1OCCN1CCCNC1(c2ccc(Cl)cc2)CCOCC1. The van der Waals surface area contributed by atoms with Crippen molar-refractivity contribution in [3.8, 4) is 0 Å². The molecule has 1 aromatic rings. The predicted molar refractivity (Wildman–Crippen MR) is 88.7 cm³/mol. The molecule has 0 saturated carbocycles. The Morgan fingerprint density at radius 3 is 2.57 bits per heavy atom. The second-order valence-electron chi connectivity index (χ2n) is 6.08. The van der Waals surface area contributed by atoms with Gasteiger partial charge in [-0.3, -0.25) is 0 Å². The summed E-state index contributed by atoms with van der Waals surface area (Å²) in [5.41, 5.74) is 1.19. The summed E-state index contributed by atoms with van der Waals surface area (Å²) in [6.45, 7) is 4.32. The quantitative estimate of drug-likeness (QED) is 0.810. The van der Waals surface area contributed by atoms with Gasteiger partial charge in [-0.15, -0.1) is 0 Å². The van der Waals surface area contributed by atoms with E-state index in [1.165, 1.54) is 5.56 Å². The first-order valence-corrected chi connectivity index (χ1v) is 8.58. The summed E-state index contributed by atoms with van der Waals surface area (Å²) in [6, 6.07) is 8.07. The first-order valence-electron chi connectivity index (χ1n) is 8.20. The molecule has 1 amide bonds. The summed E-state index contributed by atoms with van der Waals surface area (Å²) in [5, 5.41) is 4.46. The second-order valence-corrected chi connectivity index (χ2v) is 6.52. The number of nitrogens with one attached hydrogen (secondary N) is 1. The van der Waals surface area contributed by atoms with Gasteiger partial charge in [0.15, 0.2) is 0 Å². The molecule has 0 radical (unpaired) electrons. The van der Waals surface area contributed by atoms with Crippen molar-refractivity contribution in [3.63, 3.8) is 0 Å². The van der Waals surface area contributed by atoms with Crippen LogP contribution >= 0.6 is 11.6 Å². The standard InChI is InChI=1S/C17H23ClN2O3/c18-15-4-2-14(3-5-15)17(6-11-22-12-7-17)19-8-1-9-20-10-13-23-16(20)21/h2-5,19H,1,6-13H2. The maximum absolute atomic E-state index is 11.4. The van der Waals surface area contributed by atoms with E-state index in [1.54, 1.807) is 4.90 Å². The van der Waals surface area contributed by atoms with Crippen molar-refractivity contribution in [2.75, 3.05) is 39.5 Å². The molecule has 6 heteroatoms. The Kier molecular flexibility index (Phi) is 5.41. The van der Waals surface area contributed by atoms with Crippen molar-refractivity contribution in [3.05, 3.63) is 34.9 Å². The monoisotopic (exact) mass is 338 g/mol. The lowest BCUT2D eigenvalue weighted by Gasteiger charge is -2.39. The highest BCUT2D eigenvalue weighted by Gasteiger charge is 2.33. The van der Waals surface area contributed by atoms with Crippen molar-refractivity contribution in [2.24, 2.45) is 0 Å². The first-order chi connectivity index (χ1) is 11.2. The molecule has 1 N–H and O–H groups in total. The average molecular weight is 339 g/mol. The molecule has 2 heterocycles. The normalized spacial score (nSPS) is 20.6. The van der Waals surface area contributed by atoms with Crippen LogP contribution in [0, 0.1) is 0 Å². The predicted octanol–water partition coefficient (Wildman–Crippen LogP) is 2.78. The fourth-order valence-electron chi connectivity index (χ4n) is 3.28. The Hall–Kier alpha value is -1.30. The fraction of sp³-hybridized carbons (Fsp3) is 0.588. The molecule has 0 aliphatic carbocycles. The zero-order valence-electron chi connectivity index (χ0n) is 13.2. The van der Waals surface area contributed by atoms with Gasteiger partial charge in [0, 0.05) is 30.3 Å². The van der Waals surface area contributed by atoms with Crippen molar-refractivity contribution < 1.29 is 14.3 Å². The number of halogens is 1. The van der Waals surface area contributed by atoms with Crippen molar-refractivity contribution >= 4 is 17.7 Å². The van der Waals surface area contributed by atoms with Crippen LogP contribution in [0.2, 0.25) is 5.02 Å². The highest BCUT2D eigenvalue weighted by Crippen LogP contribution is 2.32. The number of ether oxygens (including phenoxy) is 2. The van der Waals surface area contributed by atoms with E-state index in [1.807, 2.05) is 12.1 Å². The molecule has 2 aliphatic rings.